The van der Waals surface area contributed by atoms with Crippen LogP contribution in [-0.2, 0) is 0 Å². The Bertz CT molecular complexity index is 832. The van der Waals surface area contributed by atoms with Crippen molar-refractivity contribution in [1.82, 2.24) is 9.36 Å². The number of benzene rings is 1. The molecule has 0 aliphatic carbocycles. The summed E-state index contributed by atoms with van der Waals surface area (Å²) in [5.74, 6) is 1.05. The Hall–Kier alpha value is -2.18. The van der Waals surface area contributed by atoms with Crippen LogP contribution >= 0.6 is 23.1 Å². The summed E-state index contributed by atoms with van der Waals surface area (Å²) in [5, 5.41) is 1.17. The summed E-state index contributed by atoms with van der Waals surface area (Å²) in [6.07, 6.45) is 1.45. The molecule has 3 rings (SSSR count). The highest BCUT2D eigenvalue weighted by molar-refractivity contribution is 7.13. The van der Waals surface area contributed by atoms with Gasteiger partial charge < -0.3 is 4.74 Å². The van der Waals surface area contributed by atoms with Gasteiger partial charge in [0.05, 0.1) is 22.8 Å². The molecule has 0 fully saturated rings. The third kappa shape index (κ3) is 2.51. The number of hydrogen-bond acceptors (Lipinski definition) is 5. The van der Waals surface area contributed by atoms with Crippen LogP contribution in [0.25, 0.3) is 10.1 Å². The van der Waals surface area contributed by atoms with Crippen molar-refractivity contribution in [1.29, 1.82) is 0 Å². The number of rotatable bonds is 3. The van der Waals surface area contributed by atoms with Crippen molar-refractivity contribution in [3.05, 3.63) is 47.2 Å². The van der Waals surface area contributed by atoms with Crippen LogP contribution in [0.1, 0.15) is 10.4 Å². The van der Waals surface area contributed by atoms with Crippen LogP contribution in [0.15, 0.2) is 36.5 Å². The van der Waals surface area contributed by atoms with E-state index in [1.807, 2.05) is 18.2 Å². The smallest absolute Gasteiger partial charge is 0.260 e. The number of fused-ring (bicyclic) bond motifs is 1. The maximum Gasteiger partial charge on any atom is 0.260 e. The van der Waals surface area contributed by atoms with Crippen LogP contribution < -0.4 is 9.64 Å². The number of carbonyl (C=O) groups is 1. The summed E-state index contributed by atoms with van der Waals surface area (Å²) in [5.41, 5.74) is 0.447. The molecule has 0 spiro atoms. The molecule has 112 valence electrons. The molecule has 22 heavy (non-hydrogen) atoms. The van der Waals surface area contributed by atoms with E-state index in [0.29, 0.717) is 22.3 Å². The number of hydrogen-bond donors (Lipinski definition) is 0. The quantitative estimate of drug-likeness (QED) is 0.687. The van der Waals surface area contributed by atoms with Crippen molar-refractivity contribution in [2.24, 2.45) is 0 Å². The lowest BCUT2D eigenvalue weighted by molar-refractivity contribution is 0.0992. The van der Waals surface area contributed by atoms with Crippen molar-refractivity contribution < 1.29 is 9.53 Å². The molecule has 1 aromatic carbocycles. The summed E-state index contributed by atoms with van der Waals surface area (Å²) < 4.78 is 10.7. The molecule has 0 N–H and O–H groups in total. The van der Waals surface area contributed by atoms with E-state index in [4.69, 9.17) is 16.3 Å². The molecule has 0 radical (unpaired) electrons. The van der Waals surface area contributed by atoms with Gasteiger partial charge in [-0.25, -0.2) is 4.98 Å². The van der Waals surface area contributed by atoms with Crippen LogP contribution in [-0.4, -0.2) is 29.4 Å². The Morgan fingerprint density at radius 1 is 1.32 bits per heavy atom. The zero-order valence-corrected chi connectivity index (χ0v) is 13.5. The lowest BCUT2D eigenvalue weighted by Gasteiger charge is -2.15. The number of nitrogens with zero attached hydrogens (tertiary/aromatic N) is 3. The molecule has 0 saturated heterocycles. The standard InChI is InChI=1S/C15H12ClN3O2S/c1-19(15(20)9-6-7-12(16)17-8-9)14-13-10(21-2)4-3-5-11(13)22-18-14/h3-8H,1-2H3. The second-order valence-electron chi connectivity index (χ2n) is 4.57. The van der Waals surface area contributed by atoms with Crippen LogP contribution in [0.2, 0.25) is 5.15 Å². The van der Waals surface area contributed by atoms with E-state index in [2.05, 4.69) is 9.36 Å². The highest BCUT2D eigenvalue weighted by Gasteiger charge is 2.21. The topological polar surface area (TPSA) is 55.3 Å². The first-order valence-corrected chi connectivity index (χ1v) is 7.59. The molecule has 7 heteroatoms. The summed E-state index contributed by atoms with van der Waals surface area (Å²) in [6.45, 7) is 0. The predicted octanol–water partition coefficient (Wildman–Crippen LogP) is 3.63. The van der Waals surface area contributed by atoms with Crippen LogP contribution in [0, 0.1) is 0 Å². The van der Waals surface area contributed by atoms with E-state index in [1.54, 1.807) is 26.3 Å². The minimum Gasteiger partial charge on any atom is -0.496 e. The first-order chi connectivity index (χ1) is 10.6. The van der Waals surface area contributed by atoms with E-state index >= 15 is 0 Å². The van der Waals surface area contributed by atoms with Crippen molar-refractivity contribution in [2.75, 3.05) is 19.1 Å². The summed E-state index contributed by atoms with van der Waals surface area (Å²) in [7, 11) is 3.28. The second kappa shape index (κ2) is 5.90. The Morgan fingerprint density at radius 3 is 2.82 bits per heavy atom. The number of methoxy groups -OCH3 is 1. The monoisotopic (exact) mass is 333 g/mol. The van der Waals surface area contributed by atoms with Gasteiger partial charge in [-0.05, 0) is 35.8 Å². The zero-order chi connectivity index (χ0) is 15.7. The summed E-state index contributed by atoms with van der Waals surface area (Å²) >= 11 is 7.08. The average Bonchev–Trinajstić information content (AvgIpc) is 2.98. The molecule has 3 aromatic rings. The molecular weight excluding hydrogens is 322 g/mol. The van der Waals surface area contributed by atoms with Gasteiger partial charge in [0.15, 0.2) is 5.82 Å². The molecule has 1 amide bonds. The molecule has 0 aliphatic heterocycles. The van der Waals surface area contributed by atoms with Crippen LogP contribution in [0.4, 0.5) is 5.82 Å². The maximum atomic E-state index is 12.6. The number of ether oxygens (including phenoxy) is 1. The van der Waals surface area contributed by atoms with E-state index in [9.17, 15) is 4.79 Å². The minimum atomic E-state index is -0.206. The van der Waals surface area contributed by atoms with Gasteiger partial charge in [-0.3, -0.25) is 9.69 Å². The lowest BCUT2D eigenvalue weighted by atomic mass is 10.2. The number of amides is 1. The van der Waals surface area contributed by atoms with Gasteiger partial charge in [0.2, 0.25) is 0 Å². The Kier molecular flexibility index (Phi) is 3.96. The number of pyridine rings is 1. The Morgan fingerprint density at radius 2 is 2.14 bits per heavy atom. The molecular formula is C15H12ClN3O2S. The average molecular weight is 334 g/mol. The number of anilines is 1. The van der Waals surface area contributed by atoms with Gasteiger partial charge in [0.25, 0.3) is 5.91 Å². The van der Waals surface area contributed by atoms with Gasteiger partial charge in [-0.1, -0.05) is 17.7 Å². The van der Waals surface area contributed by atoms with Gasteiger partial charge in [-0.15, -0.1) is 0 Å². The van der Waals surface area contributed by atoms with Gasteiger partial charge in [0, 0.05) is 13.2 Å². The fourth-order valence-corrected chi connectivity index (χ4v) is 3.07. The first kappa shape index (κ1) is 14.7. The molecule has 0 bridgehead atoms. The number of halogens is 1. The molecule has 2 aromatic heterocycles. The third-order valence-corrected chi connectivity index (χ3v) is 4.28. The van der Waals surface area contributed by atoms with Gasteiger partial charge in [0.1, 0.15) is 10.9 Å². The Labute approximate surface area is 136 Å². The Balaban J connectivity index is 2.03. The largest absolute Gasteiger partial charge is 0.496 e. The SMILES string of the molecule is COc1cccc2snc(N(C)C(=O)c3ccc(Cl)nc3)c12. The molecule has 0 atom stereocenters. The molecule has 0 saturated carbocycles. The lowest BCUT2D eigenvalue weighted by Crippen LogP contribution is -2.26. The first-order valence-electron chi connectivity index (χ1n) is 6.44. The van der Waals surface area contributed by atoms with Crippen molar-refractivity contribution in [3.63, 3.8) is 0 Å². The van der Waals surface area contributed by atoms with Crippen molar-refractivity contribution in [3.8, 4) is 5.75 Å². The maximum absolute atomic E-state index is 12.6. The van der Waals surface area contributed by atoms with E-state index < -0.39 is 0 Å². The van der Waals surface area contributed by atoms with Gasteiger partial charge >= 0.3 is 0 Å². The summed E-state index contributed by atoms with van der Waals surface area (Å²) in [6, 6.07) is 8.92. The molecule has 0 aliphatic rings. The normalized spacial score (nSPS) is 10.7. The number of carbonyl (C=O) groups excluding carboxylic acids is 1. The summed E-state index contributed by atoms with van der Waals surface area (Å²) in [4.78, 5) is 18.0. The van der Waals surface area contributed by atoms with E-state index in [1.165, 1.54) is 22.6 Å². The second-order valence-corrected chi connectivity index (χ2v) is 5.77. The van der Waals surface area contributed by atoms with Crippen LogP contribution in [0.3, 0.4) is 0 Å². The highest BCUT2D eigenvalue weighted by Crippen LogP contribution is 2.36. The minimum absolute atomic E-state index is 0.206. The van der Waals surface area contributed by atoms with E-state index in [-0.39, 0.29) is 5.91 Å². The third-order valence-electron chi connectivity index (χ3n) is 3.26. The molecule has 5 nitrogen and oxygen atoms in total. The zero-order valence-electron chi connectivity index (χ0n) is 11.9. The predicted molar refractivity (Wildman–Crippen MR) is 88.2 cm³/mol. The molecule has 0 unspecified atom stereocenters. The highest BCUT2D eigenvalue weighted by atomic mass is 35.5. The fraction of sp³-hybridized carbons (Fsp3) is 0.133. The number of aromatic nitrogens is 2. The van der Waals surface area contributed by atoms with E-state index in [0.717, 1.165) is 10.1 Å². The van der Waals surface area contributed by atoms with Crippen LogP contribution in [0.5, 0.6) is 5.75 Å². The van der Waals surface area contributed by atoms with Crippen molar-refractivity contribution >= 4 is 44.9 Å². The molecule has 2 heterocycles. The fourth-order valence-electron chi connectivity index (χ4n) is 2.14. The van der Waals surface area contributed by atoms with Crippen molar-refractivity contribution in [2.45, 2.75) is 0 Å². The van der Waals surface area contributed by atoms with Gasteiger partial charge in [-0.2, -0.15) is 4.37 Å².